The van der Waals surface area contributed by atoms with Crippen molar-refractivity contribution in [2.75, 3.05) is 18.6 Å². The van der Waals surface area contributed by atoms with Gasteiger partial charge >= 0.3 is 0 Å². The summed E-state index contributed by atoms with van der Waals surface area (Å²) in [5, 5.41) is 0. The Morgan fingerprint density at radius 1 is 1.43 bits per heavy atom. The van der Waals surface area contributed by atoms with E-state index in [0.717, 1.165) is 0 Å². The number of nitrogens with zero attached hydrogens (tertiary/aromatic N) is 1. The fraction of sp³-hybridized carbons (Fsp3) is 0.400. The van der Waals surface area contributed by atoms with Gasteiger partial charge in [-0.1, -0.05) is 0 Å². The van der Waals surface area contributed by atoms with Crippen LogP contribution < -0.4 is 14.4 Å². The summed E-state index contributed by atoms with van der Waals surface area (Å²) in [6, 6.07) is 3.05. The molecule has 112 valence electrons. The molecule has 0 radical (unpaired) electrons. The van der Waals surface area contributed by atoms with Gasteiger partial charge in [0.1, 0.15) is 12.1 Å². The van der Waals surface area contributed by atoms with Crippen molar-refractivity contribution in [2.45, 2.75) is 26.4 Å². The highest BCUT2D eigenvalue weighted by Gasteiger charge is 2.42. The molecule has 0 atom stereocenters. The number of Topliss-reactive ketones (excluding diaryl/α,β-unsaturated/α-hetero) is 1. The average Bonchev–Trinajstić information content (AvgIpc) is 2.42. The lowest BCUT2D eigenvalue weighted by Crippen LogP contribution is -2.53. The predicted molar refractivity (Wildman–Crippen MR) is 76.1 cm³/mol. The second kappa shape index (κ2) is 5.20. The topological polar surface area (TPSA) is 72.9 Å². The lowest BCUT2D eigenvalue weighted by Gasteiger charge is -2.39. The molecule has 1 aliphatic rings. The number of anilines is 1. The summed E-state index contributed by atoms with van der Waals surface area (Å²) in [5.41, 5.74) is -0.399. The van der Waals surface area contributed by atoms with E-state index in [2.05, 4.69) is 0 Å². The minimum Gasteiger partial charge on any atom is -0.493 e. The van der Waals surface area contributed by atoms with Gasteiger partial charge in [-0.05, 0) is 32.9 Å². The van der Waals surface area contributed by atoms with Crippen molar-refractivity contribution in [3.63, 3.8) is 0 Å². The number of carbonyl (C=O) groups excluding carboxylic acids is 3. The van der Waals surface area contributed by atoms with Gasteiger partial charge in [-0.25, -0.2) is 0 Å². The van der Waals surface area contributed by atoms with Crippen molar-refractivity contribution in [3.8, 4) is 11.5 Å². The van der Waals surface area contributed by atoms with Crippen LogP contribution in [0.4, 0.5) is 5.69 Å². The third-order valence-corrected chi connectivity index (χ3v) is 3.20. The summed E-state index contributed by atoms with van der Waals surface area (Å²) in [5.74, 6) is 0.204. The third kappa shape index (κ3) is 2.61. The molecule has 21 heavy (non-hydrogen) atoms. The number of hydrogen-bond acceptors (Lipinski definition) is 5. The Balaban J connectivity index is 2.67. The van der Waals surface area contributed by atoms with Gasteiger partial charge in [0.15, 0.2) is 17.1 Å². The van der Waals surface area contributed by atoms with Gasteiger partial charge in [0, 0.05) is 5.56 Å². The highest BCUT2D eigenvalue weighted by atomic mass is 16.5. The molecule has 0 spiro atoms. The van der Waals surface area contributed by atoms with Gasteiger partial charge in [0.05, 0.1) is 19.3 Å². The Hall–Kier alpha value is -2.37. The molecule has 6 heteroatoms. The number of ketones is 1. The third-order valence-electron chi connectivity index (χ3n) is 3.20. The van der Waals surface area contributed by atoms with Crippen molar-refractivity contribution in [1.82, 2.24) is 0 Å². The standard InChI is InChI=1S/C15H17NO5/c1-9(18)7-16-11-5-10(8-17)6-12(20-4)13(11)21-15(2,3)14(16)19/h5-6,8H,7H2,1-4H3. The maximum atomic E-state index is 12.5. The zero-order valence-electron chi connectivity index (χ0n) is 12.4. The minimum atomic E-state index is -1.11. The summed E-state index contributed by atoms with van der Waals surface area (Å²) < 4.78 is 11.0. The number of ether oxygens (including phenoxy) is 2. The van der Waals surface area contributed by atoms with Crippen LogP contribution in [0.3, 0.4) is 0 Å². The van der Waals surface area contributed by atoms with E-state index in [1.165, 1.54) is 31.1 Å². The van der Waals surface area contributed by atoms with E-state index >= 15 is 0 Å². The number of rotatable bonds is 4. The number of fused-ring (bicyclic) bond motifs is 1. The zero-order valence-corrected chi connectivity index (χ0v) is 12.4. The number of carbonyl (C=O) groups is 3. The predicted octanol–water partition coefficient (Wildman–Crippen LogP) is 1.60. The first-order valence-electron chi connectivity index (χ1n) is 6.47. The van der Waals surface area contributed by atoms with Crippen LogP contribution in [0.2, 0.25) is 0 Å². The Kier molecular flexibility index (Phi) is 3.72. The fourth-order valence-electron chi connectivity index (χ4n) is 2.24. The molecule has 0 saturated carbocycles. The van der Waals surface area contributed by atoms with Gasteiger partial charge in [0.2, 0.25) is 0 Å². The largest absolute Gasteiger partial charge is 0.493 e. The molecule has 0 N–H and O–H groups in total. The maximum Gasteiger partial charge on any atom is 0.271 e. The minimum absolute atomic E-state index is 0.0793. The normalized spacial score (nSPS) is 16.0. The first kappa shape index (κ1) is 15.0. The van der Waals surface area contributed by atoms with E-state index in [9.17, 15) is 14.4 Å². The summed E-state index contributed by atoms with van der Waals surface area (Å²) in [6.07, 6.45) is 0.652. The number of aldehydes is 1. The van der Waals surface area contributed by atoms with E-state index in [4.69, 9.17) is 9.47 Å². The van der Waals surface area contributed by atoms with Crippen LogP contribution in [0.25, 0.3) is 0 Å². The first-order chi connectivity index (χ1) is 9.80. The van der Waals surface area contributed by atoms with Gasteiger partial charge in [-0.15, -0.1) is 0 Å². The van der Waals surface area contributed by atoms with Crippen molar-refractivity contribution < 1.29 is 23.9 Å². The van der Waals surface area contributed by atoms with Crippen LogP contribution >= 0.6 is 0 Å². The van der Waals surface area contributed by atoms with E-state index in [0.29, 0.717) is 29.0 Å². The average molecular weight is 291 g/mol. The van der Waals surface area contributed by atoms with Crippen molar-refractivity contribution >= 4 is 23.7 Å². The SMILES string of the molecule is COc1cc(C=O)cc2c1OC(C)(C)C(=O)N2CC(C)=O. The van der Waals surface area contributed by atoms with Gasteiger partial charge in [0.25, 0.3) is 5.91 Å². The molecule has 0 unspecified atom stereocenters. The van der Waals surface area contributed by atoms with Crippen LogP contribution in [0.1, 0.15) is 31.1 Å². The molecule has 2 rings (SSSR count). The van der Waals surface area contributed by atoms with E-state index < -0.39 is 5.60 Å². The summed E-state index contributed by atoms with van der Waals surface area (Å²) >= 11 is 0. The fourth-order valence-corrected chi connectivity index (χ4v) is 2.24. The highest BCUT2D eigenvalue weighted by molar-refractivity contribution is 6.06. The van der Waals surface area contributed by atoms with Crippen molar-refractivity contribution in [1.29, 1.82) is 0 Å². The molecule has 0 aliphatic carbocycles. The van der Waals surface area contributed by atoms with Crippen molar-refractivity contribution in [3.05, 3.63) is 17.7 Å². The van der Waals surface area contributed by atoms with Gasteiger partial charge < -0.3 is 9.47 Å². The molecule has 0 saturated heterocycles. The Morgan fingerprint density at radius 2 is 2.10 bits per heavy atom. The molecular formula is C15H17NO5. The molecule has 1 aliphatic heterocycles. The van der Waals surface area contributed by atoms with Crippen LogP contribution in [-0.4, -0.2) is 37.2 Å². The zero-order chi connectivity index (χ0) is 15.8. The lowest BCUT2D eigenvalue weighted by atomic mass is 10.0. The molecule has 0 fully saturated rings. The molecule has 1 aromatic rings. The smallest absolute Gasteiger partial charge is 0.271 e. The molecule has 6 nitrogen and oxygen atoms in total. The second-order valence-electron chi connectivity index (χ2n) is 5.39. The second-order valence-corrected chi connectivity index (χ2v) is 5.39. The summed E-state index contributed by atoms with van der Waals surface area (Å²) in [6.45, 7) is 4.57. The lowest BCUT2D eigenvalue weighted by molar-refractivity contribution is -0.133. The number of methoxy groups -OCH3 is 1. The Labute approximate surface area is 122 Å². The summed E-state index contributed by atoms with van der Waals surface area (Å²) in [7, 11) is 1.45. The number of hydrogen-bond donors (Lipinski definition) is 0. The van der Waals surface area contributed by atoms with Crippen LogP contribution in [-0.2, 0) is 9.59 Å². The molecule has 1 heterocycles. The highest BCUT2D eigenvalue weighted by Crippen LogP contribution is 2.44. The Bertz CT molecular complexity index is 621. The number of amides is 1. The van der Waals surface area contributed by atoms with Crippen LogP contribution in [0.15, 0.2) is 12.1 Å². The van der Waals surface area contributed by atoms with Gasteiger partial charge in [-0.2, -0.15) is 0 Å². The molecule has 1 aromatic carbocycles. The molecule has 0 aromatic heterocycles. The monoisotopic (exact) mass is 291 g/mol. The molecular weight excluding hydrogens is 274 g/mol. The van der Waals surface area contributed by atoms with Crippen molar-refractivity contribution in [2.24, 2.45) is 0 Å². The van der Waals surface area contributed by atoms with E-state index in [1.54, 1.807) is 13.8 Å². The maximum absolute atomic E-state index is 12.5. The Morgan fingerprint density at radius 3 is 2.62 bits per heavy atom. The quantitative estimate of drug-likeness (QED) is 0.788. The number of benzene rings is 1. The first-order valence-corrected chi connectivity index (χ1v) is 6.47. The molecule has 0 bridgehead atoms. The van der Waals surface area contributed by atoms with Crippen LogP contribution in [0.5, 0.6) is 11.5 Å². The van der Waals surface area contributed by atoms with E-state index in [1.807, 2.05) is 0 Å². The van der Waals surface area contributed by atoms with E-state index in [-0.39, 0.29) is 18.2 Å². The molecule has 1 amide bonds. The van der Waals surface area contributed by atoms with Gasteiger partial charge in [-0.3, -0.25) is 19.3 Å². The summed E-state index contributed by atoms with van der Waals surface area (Å²) in [4.78, 5) is 36.3. The van der Waals surface area contributed by atoms with Crippen LogP contribution in [0, 0.1) is 0 Å².